The Hall–Kier alpha value is -3.09. The predicted molar refractivity (Wildman–Crippen MR) is 76.8 cm³/mol. The number of benzene rings is 2. The number of amides is 3. The van der Waals surface area contributed by atoms with E-state index >= 15 is 0 Å². The number of fused-ring (bicyclic) bond motifs is 1. The molecule has 2 aromatic rings. The summed E-state index contributed by atoms with van der Waals surface area (Å²) in [6, 6.07) is 9.28. The molecule has 0 fully saturated rings. The van der Waals surface area contributed by atoms with E-state index in [9.17, 15) is 23.2 Å². The second-order valence-electron chi connectivity index (χ2n) is 4.89. The van der Waals surface area contributed by atoms with Gasteiger partial charge in [0.2, 0.25) is 5.91 Å². The van der Waals surface area contributed by atoms with Crippen molar-refractivity contribution in [1.29, 1.82) is 0 Å². The van der Waals surface area contributed by atoms with Gasteiger partial charge in [-0.15, -0.1) is 0 Å². The van der Waals surface area contributed by atoms with Gasteiger partial charge in [-0.1, -0.05) is 18.2 Å². The summed E-state index contributed by atoms with van der Waals surface area (Å²) < 4.78 is 27.0. The molecule has 23 heavy (non-hydrogen) atoms. The van der Waals surface area contributed by atoms with Gasteiger partial charge in [-0.2, -0.15) is 0 Å². The summed E-state index contributed by atoms with van der Waals surface area (Å²) in [6.07, 6.45) is 0. The number of imide groups is 1. The molecule has 1 aliphatic rings. The molecule has 0 aliphatic carbocycles. The largest absolute Gasteiger partial charge is 0.320 e. The third kappa shape index (κ3) is 2.57. The number of carbonyl (C=O) groups excluding carboxylic acids is 3. The molecule has 5 nitrogen and oxygen atoms in total. The van der Waals surface area contributed by atoms with Crippen molar-refractivity contribution in [3.05, 3.63) is 65.2 Å². The van der Waals surface area contributed by atoms with Crippen LogP contribution in [-0.2, 0) is 4.79 Å². The molecule has 0 bridgehead atoms. The van der Waals surface area contributed by atoms with Crippen LogP contribution in [0.25, 0.3) is 0 Å². The minimum atomic E-state index is -0.944. The van der Waals surface area contributed by atoms with Crippen LogP contribution in [-0.4, -0.2) is 29.2 Å². The predicted octanol–water partition coefficient (Wildman–Crippen LogP) is 2.20. The summed E-state index contributed by atoms with van der Waals surface area (Å²) in [5.41, 5.74) is -0.223. The van der Waals surface area contributed by atoms with E-state index in [1.165, 1.54) is 12.1 Å². The van der Waals surface area contributed by atoms with Gasteiger partial charge in [-0.3, -0.25) is 19.3 Å². The standard InChI is InChI=1S/C16H10F2N2O3/c17-11-6-3-7-12(18)14(11)19-13(21)8-20-15(22)9-4-1-2-5-10(9)16(20)23/h1-7H,8H2,(H,19,21). The lowest BCUT2D eigenvalue weighted by Gasteiger charge is -2.14. The lowest BCUT2D eigenvalue weighted by Crippen LogP contribution is -2.37. The Bertz CT molecular complexity index is 781. The lowest BCUT2D eigenvalue weighted by atomic mass is 10.1. The van der Waals surface area contributed by atoms with Gasteiger partial charge in [0.05, 0.1) is 11.1 Å². The van der Waals surface area contributed by atoms with Gasteiger partial charge in [-0.25, -0.2) is 8.78 Å². The van der Waals surface area contributed by atoms with Crippen molar-refractivity contribution in [3.63, 3.8) is 0 Å². The molecule has 0 atom stereocenters. The van der Waals surface area contributed by atoms with Gasteiger partial charge in [0.15, 0.2) is 0 Å². The summed E-state index contributed by atoms with van der Waals surface area (Å²) in [5, 5.41) is 2.04. The van der Waals surface area contributed by atoms with Crippen molar-refractivity contribution < 1.29 is 23.2 Å². The molecule has 1 N–H and O–H groups in total. The Morgan fingerprint density at radius 2 is 1.43 bits per heavy atom. The Labute approximate surface area is 129 Å². The molecule has 0 spiro atoms. The van der Waals surface area contributed by atoms with E-state index in [0.29, 0.717) is 0 Å². The molecular formula is C16H10F2N2O3. The number of hydrogen-bond acceptors (Lipinski definition) is 3. The summed E-state index contributed by atoms with van der Waals surface area (Å²) in [5.74, 6) is -3.99. The highest BCUT2D eigenvalue weighted by Gasteiger charge is 2.36. The van der Waals surface area contributed by atoms with Crippen molar-refractivity contribution in [3.8, 4) is 0 Å². The molecule has 0 saturated carbocycles. The number of carbonyl (C=O) groups is 3. The average Bonchev–Trinajstić information content (AvgIpc) is 2.77. The minimum absolute atomic E-state index is 0.197. The molecule has 1 heterocycles. The molecule has 1 aliphatic heterocycles. The van der Waals surface area contributed by atoms with Gasteiger partial charge in [0.25, 0.3) is 11.8 Å². The van der Waals surface area contributed by atoms with Crippen LogP contribution in [0.15, 0.2) is 42.5 Å². The van der Waals surface area contributed by atoms with Crippen molar-refractivity contribution in [1.82, 2.24) is 4.90 Å². The number of nitrogens with zero attached hydrogens (tertiary/aromatic N) is 1. The molecule has 7 heteroatoms. The average molecular weight is 316 g/mol. The first-order valence-electron chi connectivity index (χ1n) is 6.68. The second-order valence-corrected chi connectivity index (χ2v) is 4.89. The van der Waals surface area contributed by atoms with Crippen molar-refractivity contribution in [2.75, 3.05) is 11.9 Å². The van der Waals surface area contributed by atoms with Crippen LogP contribution < -0.4 is 5.32 Å². The van der Waals surface area contributed by atoms with Crippen LogP contribution in [0.4, 0.5) is 14.5 Å². The van der Waals surface area contributed by atoms with E-state index in [0.717, 1.165) is 23.1 Å². The fourth-order valence-corrected chi connectivity index (χ4v) is 2.32. The fourth-order valence-electron chi connectivity index (χ4n) is 2.32. The fraction of sp³-hybridized carbons (Fsp3) is 0.0625. The van der Waals surface area contributed by atoms with Gasteiger partial charge in [-0.05, 0) is 24.3 Å². The quantitative estimate of drug-likeness (QED) is 0.883. The zero-order chi connectivity index (χ0) is 16.6. The van der Waals surface area contributed by atoms with E-state index < -0.39 is 41.6 Å². The van der Waals surface area contributed by atoms with Crippen LogP contribution in [0.3, 0.4) is 0 Å². The molecule has 2 aromatic carbocycles. The molecular weight excluding hydrogens is 306 g/mol. The monoisotopic (exact) mass is 316 g/mol. The molecule has 3 amide bonds. The molecule has 0 radical (unpaired) electrons. The maximum absolute atomic E-state index is 13.5. The Balaban J connectivity index is 1.77. The highest BCUT2D eigenvalue weighted by atomic mass is 19.1. The zero-order valence-corrected chi connectivity index (χ0v) is 11.7. The zero-order valence-electron chi connectivity index (χ0n) is 11.7. The van der Waals surface area contributed by atoms with Gasteiger partial charge in [0, 0.05) is 0 Å². The number of para-hydroxylation sites is 1. The first-order chi connectivity index (χ1) is 11.0. The van der Waals surface area contributed by atoms with Crippen molar-refractivity contribution in [2.24, 2.45) is 0 Å². The summed E-state index contributed by atoms with van der Waals surface area (Å²) >= 11 is 0. The van der Waals surface area contributed by atoms with Crippen LogP contribution in [0.1, 0.15) is 20.7 Å². The van der Waals surface area contributed by atoms with E-state index in [2.05, 4.69) is 0 Å². The molecule has 0 unspecified atom stereocenters. The second kappa shape index (κ2) is 5.60. The smallest absolute Gasteiger partial charge is 0.262 e. The first kappa shape index (κ1) is 14.8. The van der Waals surface area contributed by atoms with Crippen LogP contribution in [0, 0.1) is 11.6 Å². The SMILES string of the molecule is O=C(CN1C(=O)c2ccccc2C1=O)Nc1c(F)cccc1F. The van der Waals surface area contributed by atoms with E-state index in [1.807, 2.05) is 5.32 Å². The summed E-state index contributed by atoms with van der Waals surface area (Å²) in [6.45, 7) is -0.625. The van der Waals surface area contributed by atoms with E-state index in [4.69, 9.17) is 0 Å². The van der Waals surface area contributed by atoms with Gasteiger partial charge >= 0.3 is 0 Å². The number of anilines is 1. The van der Waals surface area contributed by atoms with Gasteiger partial charge in [0.1, 0.15) is 23.9 Å². The van der Waals surface area contributed by atoms with Crippen molar-refractivity contribution in [2.45, 2.75) is 0 Å². The maximum Gasteiger partial charge on any atom is 0.262 e. The summed E-state index contributed by atoms with van der Waals surface area (Å²) in [4.78, 5) is 36.9. The minimum Gasteiger partial charge on any atom is -0.320 e. The Morgan fingerprint density at radius 1 is 0.913 bits per heavy atom. The normalized spacial score (nSPS) is 13.2. The maximum atomic E-state index is 13.5. The number of rotatable bonds is 3. The molecule has 0 saturated heterocycles. The Morgan fingerprint density at radius 3 is 1.96 bits per heavy atom. The summed E-state index contributed by atoms with van der Waals surface area (Å²) in [7, 11) is 0. The van der Waals surface area contributed by atoms with E-state index in [-0.39, 0.29) is 11.1 Å². The molecule has 0 aromatic heterocycles. The van der Waals surface area contributed by atoms with Crippen molar-refractivity contribution >= 4 is 23.4 Å². The van der Waals surface area contributed by atoms with Crippen LogP contribution in [0.2, 0.25) is 0 Å². The Kier molecular flexibility index (Phi) is 3.61. The molecule has 116 valence electrons. The third-order valence-corrected chi connectivity index (χ3v) is 3.41. The number of nitrogens with one attached hydrogen (secondary N) is 1. The third-order valence-electron chi connectivity index (χ3n) is 3.41. The molecule has 3 rings (SSSR count). The highest BCUT2D eigenvalue weighted by molar-refractivity contribution is 6.22. The van der Waals surface area contributed by atoms with Crippen LogP contribution >= 0.6 is 0 Å². The van der Waals surface area contributed by atoms with E-state index in [1.54, 1.807) is 12.1 Å². The number of hydrogen-bond donors (Lipinski definition) is 1. The topological polar surface area (TPSA) is 66.5 Å². The van der Waals surface area contributed by atoms with Gasteiger partial charge < -0.3 is 5.32 Å². The number of halogens is 2. The first-order valence-corrected chi connectivity index (χ1v) is 6.68. The lowest BCUT2D eigenvalue weighted by molar-refractivity contribution is -0.116. The highest BCUT2D eigenvalue weighted by Crippen LogP contribution is 2.23. The van der Waals surface area contributed by atoms with Crippen LogP contribution in [0.5, 0.6) is 0 Å².